The summed E-state index contributed by atoms with van der Waals surface area (Å²) in [6.07, 6.45) is 4.39. The van der Waals surface area contributed by atoms with Crippen molar-refractivity contribution in [3.8, 4) is 0 Å². The molecule has 0 radical (unpaired) electrons. The number of carbonyl (C=O) groups excluding carboxylic acids is 1. The summed E-state index contributed by atoms with van der Waals surface area (Å²) in [7, 11) is 4.29. The van der Waals surface area contributed by atoms with Crippen molar-refractivity contribution >= 4 is 27.9 Å². The van der Waals surface area contributed by atoms with Crippen LogP contribution in [0.15, 0.2) is 59.7 Å². The van der Waals surface area contributed by atoms with Crippen LogP contribution in [0.5, 0.6) is 0 Å². The van der Waals surface area contributed by atoms with E-state index >= 15 is 0 Å². The van der Waals surface area contributed by atoms with Gasteiger partial charge in [0.1, 0.15) is 0 Å². The summed E-state index contributed by atoms with van der Waals surface area (Å²) in [4.78, 5) is 18.2. The maximum absolute atomic E-state index is 13.5. The Morgan fingerprint density at radius 2 is 1.14 bits per heavy atom. The minimum absolute atomic E-state index is 0.175. The van der Waals surface area contributed by atoms with Crippen molar-refractivity contribution in [2.75, 3.05) is 23.9 Å². The zero-order chi connectivity index (χ0) is 21.4. The van der Waals surface area contributed by atoms with E-state index in [4.69, 9.17) is 0 Å². The van der Waals surface area contributed by atoms with E-state index in [0.717, 1.165) is 11.1 Å². The second-order valence-electron chi connectivity index (χ2n) is 10.5. The smallest absolute Gasteiger partial charge is 0.185 e. The quantitative estimate of drug-likeness (QED) is 0.557. The molecular weight excluding hydrogens is 356 g/mol. The molecule has 0 amide bonds. The van der Waals surface area contributed by atoms with Crippen LogP contribution in [0.4, 0.5) is 11.4 Å². The molecule has 152 valence electrons. The first-order valence-corrected chi connectivity index (χ1v) is 10.4. The van der Waals surface area contributed by atoms with E-state index in [1.54, 1.807) is 0 Å². The topological polar surface area (TPSA) is 23.6 Å². The molecule has 0 atom stereocenters. The van der Waals surface area contributed by atoms with Crippen LogP contribution >= 0.6 is 0 Å². The minimum Gasteiger partial charge on any atom is -0.345 e. The third kappa shape index (κ3) is 2.74. The fraction of sp³-hybridized carbons (Fsp3) is 0.423. The molecule has 1 spiro atoms. The van der Waals surface area contributed by atoms with E-state index in [-0.39, 0.29) is 16.6 Å². The van der Waals surface area contributed by atoms with Crippen LogP contribution in [0, 0.1) is 10.8 Å². The Labute approximate surface area is 174 Å². The highest BCUT2D eigenvalue weighted by Crippen LogP contribution is 2.50. The summed E-state index contributed by atoms with van der Waals surface area (Å²) in [5.74, 6) is 0.175. The monoisotopic (exact) mass is 388 g/mol. The highest BCUT2D eigenvalue weighted by Gasteiger charge is 2.47. The van der Waals surface area contributed by atoms with Gasteiger partial charge >= 0.3 is 0 Å². The third-order valence-corrected chi connectivity index (χ3v) is 6.48. The van der Waals surface area contributed by atoms with Gasteiger partial charge in [-0.2, -0.15) is 0 Å². The van der Waals surface area contributed by atoms with Crippen molar-refractivity contribution in [2.45, 2.75) is 47.2 Å². The number of carbonyl (C=O) groups is 1. The molecule has 0 fully saturated rings. The Hall–Kier alpha value is -2.55. The highest BCUT2D eigenvalue weighted by atomic mass is 16.1. The van der Waals surface area contributed by atoms with Crippen LogP contribution in [0.3, 0.4) is 0 Å². The number of nitrogens with zero attached hydrogens (tertiary/aromatic N) is 2. The van der Waals surface area contributed by atoms with E-state index < -0.39 is 5.66 Å². The van der Waals surface area contributed by atoms with Crippen molar-refractivity contribution < 1.29 is 4.79 Å². The number of hydrogen-bond acceptors (Lipinski definition) is 3. The van der Waals surface area contributed by atoms with Gasteiger partial charge in [-0.1, -0.05) is 65.8 Å². The Kier molecular flexibility index (Phi) is 4.07. The van der Waals surface area contributed by atoms with Crippen LogP contribution in [-0.4, -0.2) is 25.5 Å². The van der Waals surface area contributed by atoms with Gasteiger partial charge in [0.25, 0.3) is 0 Å². The fourth-order valence-electron chi connectivity index (χ4n) is 4.72. The molecular formula is C26H32N2O. The lowest BCUT2D eigenvalue weighted by molar-refractivity contribution is -0.114. The van der Waals surface area contributed by atoms with Gasteiger partial charge < -0.3 is 9.80 Å². The summed E-state index contributed by atoms with van der Waals surface area (Å²) in [5, 5.41) is 2.50. The molecule has 1 aliphatic heterocycles. The number of likely N-dealkylation sites (N-methyl/N-ethyl adjacent to an activating group) is 2. The first-order chi connectivity index (χ1) is 13.4. The van der Waals surface area contributed by atoms with E-state index in [0.29, 0.717) is 0 Å². The average Bonchev–Trinajstić information content (AvgIpc) is 2.63. The predicted octanol–water partition coefficient (Wildman–Crippen LogP) is 5.95. The predicted molar refractivity (Wildman–Crippen MR) is 124 cm³/mol. The molecule has 1 aliphatic carbocycles. The molecule has 2 aromatic carbocycles. The van der Waals surface area contributed by atoms with Crippen molar-refractivity contribution in [3.05, 3.63) is 59.7 Å². The Balaban J connectivity index is 2.07. The summed E-state index contributed by atoms with van der Waals surface area (Å²) in [6.45, 7) is 12.8. The lowest BCUT2D eigenvalue weighted by atomic mass is 9.69. The molecule has 0 saturated carbocycles. The number of benzene rings is 2. The van der Waals surface area contributed by atoms with Gasteiger partial charge in [0.2, 0.25) is 0 Å². The zero-order valence-electron chi connectivity index (χ0n) is 18.9. The maximum Gasteiger partial charge on any atom is 0.185 e. The van der Waals surface area contributed by atoms with Gasteiger partial charge in [0.05, 0.1) is 0 Å². The molecule has 0 aromatic heterocycles. The van der Waals surface area contributed by atoms with Crippen LogP contribution in [0.1, 0.15) is 41.5 Å². The number of ketones is 1. The SMILES string of the molecule is CN1c2cccc3cccc(c23)N(C)C12C=C(C(C)(C)C)C(=O)C(C(C)(C)C)=C2. The van der Waals surface area contributed by atoms with E-state index in [1.807, 2.05) is 0 Å². The largest absolute Gasteiger partial charge is 0.345 e. The maximum atomic E-state index is 13.5. The molecule has 3 nitrogen and oxygen atoms in total. The van der Waals surface area contributed by atoms with Crippen LogP contribution < -0.4 is 9.80 Å². The van der Waals surface area contributed by atoms with Gasteiger partial charge in [-0.15, -0.1) is 0 Å². The molecule has 29 heavy (non-hydrogen) atoms. The fourth-order valence-corrected chi connectivity index (χ4v) is 4.72. The first-order valence-electron chi connectivity index (χ1n) is 10.4. The number of hydrogen-bond donors (Lipinski definition) is 0. The summed E-state index contributed by atoms with van der Waals surface area (Å²) < 4.78 is 0. The zero-order valence-corrected chi connectivity index (χ0v) is 18.9. The highest BCUT2D eigenvalue weighted by molar-refractivity contribution is 6.13. The molecule has 3 heteroatoms. The molecule has 0 bridgehead atoms. The van der Waals surface area contributed by atoms with Crippen LogP contribution in [-0.2, 0) is 4.79 Å². The normalized spacial score (nSPS) is 19.0. The van der Waals surface area contributed by atoms with Crippen molar-refractivity contribution in [1.29, 1.82) is 0 Å². The number of Topliss-reactive ketones (excluding diaryl/α,β-unsaturated/α-hetero) is 1. The number of rotatable bonds is 0. The van der Waals surface area contributed by atoms with Crippen LogP contribution in [0.25, 0.3) is 10.8 Å². The van der Waals surface area contributed by atoms with E-state index in [1.165, 1.54) is 22.1 Å². The van der Waals surface area contributed by atoms with Crippen molar-refractivity contribution in [3.63, 3.8) is 0 Å². The second-order valence-corrected chi connectivity index (χ2v) is 10.5. The summed E-state index contributed by atoms with van der Waals surface area (Å²) >= 11 is 0. The first kappa shape index (κ1) is 19.8. The Morgan fingerprint density at radius 3 is 1.52 bits per heavy atom. The number of anilines is 2. The summed E-state index contributed by atoms with van der Waals surface area (Å²) in [5.41, 5.74) is 3.16. The number of allylic oxidation sites excluding steroid dienone is 2. The standard InChI is InChI=1S/C26H32N2O/c1-24(2,3)18-15-26(16-19(23(18)29)25(4,5)6)27(7)20-13-9-11-17-12-10-14-21(22(17)20)28(26)8/h9-16H,1-8H3. The van der Waals surface area contributed by atoms with E-state index in [9.17, 15) is 4.79 Å². The third-order valence-electron chi connectivity index (χ3n) is 6.48. The van der Waals surface area contributed by atoms with Gasteiger partial charge in [-0.05, 0) is 40.5 Å². The van der Waals surface area contributed by atoms with Crippen molar-refractivity contribution in [1.82, 2.24) is 0 Å². The molecule has 2 aromatic rings. The summed E-state index contributed by atoms with van der Waals surface area (Å²) in [6, 6.07) is 12.9. The van der Waals surface area contributed by atoms with Crippen molar-refractivity contribution in [2.24, 2.45) is 10.8 Å². The van der Waals surface area contributed by atoms with Gasteiger partial charge in [-0.3, -0.25) is 4.79 Å². The minimum atomic E-state index is -0.526. The van der Waals surface area contributed by atoms with Gasteiger partial charge in [0.15, 0.2) is 11.4 Å². The molecule has 0 N–H and O–H groups in total. The van der Waals surface area contributed by atoms with Crippen LogP contribution in [0.2, 0.25) is 0 Å². The van der Waals surface area contributed by atoms with Gasteiger partial charge in [-0.25, -0.2) is 0 Å². The second kappa shape index (κ2) is 5.98. The average molecular weight is 389 g/mol. The van der Waals surface area contributed by atoms with Gasteiger partial charge in [0, 0.05) is 42.0 Å². The van der Waals surface area contributed by atoms with E-state index in [2.05, 4.69) is 114 Å². The molecule has 1 heterocycles. The molecule has 0 unspecified atom stereocenters. The lowest BCUT2D eigenvalue weighted by Gasteiger charge is -2.53. The molecule has 0 saturated heterocycles. The Morgan fingerprint density at radius 1 is 0.724 bits per heavy atom. The molecule has 2 aliphatic rings. The lowest BCUT2D eigenvalue weighted by Crippen LogP contribution is -2.60. The molecule has 4 rings (SSSR count). The Bertz CT molecular complexity index is 995.